The summed E-state index contributed by atoms with van der Waals surface area (Å²) in [4.78, 5) is 2.08. The van der Waals surface area contributed by atoms with Crippen molar-refractivity contribution in [2.75, 3.05) is 43.1 Å². The second-order valence-electron chi connectivity index (χ2n) is 6.37. The molecule has 1 saturated heterocycles. The lowest BCUT2D eigenvalue weighted by molar-refractivity contribution is 0.0730. The fraction of sp³-hybridized carbons (Fsp3) is 0.300. The van der Waals surface area contributed by atoms with Crippen LogP contribution >= 0.6 is 12.2 Å². The number of nitriles is 1. The monoisotopic (exact) mass is 430 g/mol. The Morgan fingerprint density at radius 3 is 2.41 bits per heavy atom. The summed E-state index contributed by atoms with van der Waals surface area (Å²) in [7, 11) is -3.53. The first-order valence-corrected chi connectivity index (χ1v) is 11.1. The van der Waals surface area contributed by atoms with E-state index in [1.54, 1.807) is 24.3 Å². The van der Waals surface area contributed by atoms with Gasteiger partial charge in [0.15, 0.2) is 5.11 Å². The molecule has 0 bridgehead atoms. The number of morpholine rings is 1. The molecule has 29 heavy (non-hydrogen) atoms. The number of thiocarbonyl (C=S) groups is 1. The SMILES string of the molecule is N#CCCN(C(=S)Nc1ccc(S(=O)(=O)N2CCOCC2)cc1)c1ccccc1. The van der Waals surface area contributed by atoms with E-state index in [4.69, 9.17) is 22.2 Å². The third-order valence-corrected chi connectivity index (χ3v) is 6.71. The average Bonchev–Trinajstić information content (AvgIpc) is 2.76. The Morgan fingerprint density at radius 1 is 1.14 bits per heavy atom. The van der Waals surface area contributed by atoms with Crippen LogP contribution in [-0.4, -0.2) is 50.7 Å². The summed E-state index contributed by atoms with van der Waals surface area (Å²) < 4.78 is 32.1. The number of benzene rings is 2. The third-order valence-electron chi connectivity index (χ3n) is 4.47. The lowest BCUT2D eigenvalue weighted by Gasteiger charge is -2.26. The van der Waals surface area contributed by atoms with Crippen molar-refractivity contribution < 1.29 is 13.2 Å². The molecular formula is C20H22N4O3S2. The van der Waals surface area contributed by atoms with Crippen LogP contribution in [0, 0.1) is 11.3 Å². The molecule has 152 valence electrons. The third kappa shape index (κ3) is 5.31. The first-order valence-electron chi connectivity index (χ1n) is 9.21. The van der Waals surface area contributed by atoms with Crippen LogP contribution < -0.4 is 10.2 Å². The first-order chi connectivity index (χ1) is 14.0. The van der Waals surface area contributed by atoms with Gasteiger partial charge in [0, 0.05) is 31.0 Å². The molecule has 0 aliphatic carbocycles. The van der Waals surface area contributed by atoms with Crippen molar-refractivity contribution in [3.63, 3.8) is 0 Å². The summed E-state index contributed by atoms with van der Waals surface area (Å²) >= 11 is 5.53. The van der Waals surface area contributed by atoms with E-state index in [-0.39, 0.29) is 4.90 Å². The lowest BCUT2D eigenvalue weighted by atomic mass is 10.3. The Bertz CT molecular complexity index is 967. The number of nitrogens with zero attached hydrogens (tertiary/aromatic N) is 3. The highest BCUT2D eigenvalue weighted by atomic mass is 32.2. The highest BCUT2D eigenvalue weighted by Crippen LogP contribution is 2.21. The summed E-state index contributed by atoms with van der Waals surface area (Å²) in [5, 5.41) is 12.5. The van der Waals surface area contributed by atoms with E-state index in [9.17, 15) is 8.42 Å². The van der Waals surface area contributed by atoms with Crippen molar-refractivity contribution in [2.24, 2.45) is 0 Å². The van der Waals surface area contributed by atoms with Crippen LogP contribution in [0.4, 0.5) is 11.4 Å². The highest BCUT2D eigenvalue weighted by Gasteiger charge is 2.26. The van der Waals surface area contributed by atoms with Crippen molar-refractivity contribution in [3.8, 4) is 6.07 Å². The standard InChI is InChI=1S/C20H22N4O3S2/c21-11-4-12-24(18-5-2-1-3-6-18)20(28)22-17-7-9-19(10-8-17)29(25,26)23-13-15-27-16-14-23/h1-3,5-10H,4,12-16H2,(H,22,28). The fourth-order valence-electron chi connectivity index (χ4n) is 2.95. The summed E-state index contributed by atoms with van der Waals surface area (Å²) in [6.07, 6.45) is 0.327. The minimum atomic E-state index is -3.53. The van der Waals surface area contributed by atoms with E-state index < -0.39 is 10.0 Å². The van der Waals surface area contributed by atoms with E-state index in [2.05, 4.69) is 11.4 Å². The maximum atomic E-state index is 12.7. The molecule has 2 aromatic carbocycles. The molecule has 9 heteroatoms. The topological polar surface area (TPSA) is 85.7 Å². The highest BCUT2D eigenvalue weighted by molar-refractivity contribution is 7.89. The van der Waals surface area contributed by atoms with Crippen molar-refractivity contribution in [1.29, 1.82) is 5.26 Å². The van der Waals surface area contributed by atoms with Gasteiger partial charge in [-0.2, -0.15) is 9.57 Å². The van der Waals surface area contributed by atoms with Gasteiger partial charge in [0.25, 0.3) is 0 Å². The van der Waals surface area contributed by atoms with Crippen molar-refractivity contribution in [3.05, 3.63) is 54.6 Å². The Labute approximate surface area is 176 Å². The Morgan fingerprint density at radius 2 is 1.79 bits per heavy atom. The number of para-hydroxylation sites is 1. The van der Waals surface area contributed by atoms with Gasteiger partial charge in [0.2, 0.25) is 10.0 Å². The molecule has 1 heterocycles. The van der Waals surface area contributed by atoms with E-state index in [0.717, 1.165) is 5.69 Å². The molecule has 0 aromatic heterocycles. The number of hydrogen-bond acceptors (Lipinski definition) is 5. The van der Waals surface area contributed by atoms with Gasteiger partial charge in [-0.25, -0.2) is 8.42 Å². The quantitative estimate of drug-likeness (QED) is 0.705. The van der Waals surface area contributed by atoms with Crippen LogP contribution in [0.3, 0.4) is 0 Å². The number of nitrogens with one attached hydrogen (secondary N) is 1. The number of ether oxygens (including phenoxy) is 1. The van der Waals surface area contributed by atoms with Crippen LogP contribution in [0.2, 0.25) is 0 Å². The molecule has 0 unspecified atom stereocenters. The van der Waals surface area contributed by atoms with Crippen LogP contribution in [0.5, 0.6) is 0 Å². The Hall–Kier alpha value is -2.51. The number of anilines is 2. The maximum absolute atomic E-state index is 12.7. The molecule has 0 radical (unpaired) electrons. The number of sulfonamides is 1. The van der Waals surface area contributed by atoms with E-state index in [0.29, 0.717) is 50.1 Å². The van der Waals surface area contributed by atoms with Crippen LogP contribution in [0.1, 0.15) is 6.42 Å². The van der Waals surface area contributed by atoms with Gasteiger partial charge in [-0.15, -0.1) is 0 Å². The van der Waals surface area contributed by atoms with Crippen molar-refractivity contribution in [1.82, 2.24) is 4.31 Å². The van der Waals surface area contributed by atoms with E-state index >= 15 is 0 Å². The van der Waals surface area contributed by atoms with E-state index in [1.807, 2.05) is 35.2 Å². The van der Waals surface area contributed by atoms with Gasteiger partial charge >= 0.3 is 0 Å². The minimum absolute atomic E-state index is 0.236. The van der Waals surface area contributed by atoms with Gasteiger partial charge in [-0.05, 0) is 48.6 Å². The molecule has 1 aliphatic rings. The van der Waals surface area contributed by atoms with Gasteiger partial charge < -0.3 is 15.0 Å². The molecule has 1 aliphatic heterocycles. The zero-order valence-electron chi connectivity index (χ0n) is 15.8. The first kappa shape index (κ1) is 21.2. The predicted octanol–water partition coefficient (Wildman–Crippen LogP) is 2.82. The van der Waals surface area contributed by atoms with Gasteiger partial charge in [-0.1, -0.05) is 18.2 Å². The zero-order valence-corrected chi connectivity index (χ0v) is 17.5. The summed E-state index contributed by atoms with van der Waals surface area (Å²) in [6.45, 7) is 1.99. The second-order valence-corrected chi connectivity index (χ2v) is 8.69. The summed E-state index contributed by atoms with van der Waals surface area (Å²) in [5.74, 6) is 0. The summed E-state index contributed by atoms with van der Waals surface area (Å²) in [6, 6.07) is 18.2. The molecule has 0 amide bonds. The van der Waals surface area contributed by atoms with Gasteiger partial charge in [0.05, 0.1) is 30.6 Å². The largest absolute Gasteiger partial charge is 0.379 e. The minimum Gasteiger partial charge on any atom is -0.379 e. The molecule has 7 nitrogen and oxygen atoms in total. The smallest absolute Gasteiger partial charge is 0.243 e. The molecule has 0 saturated carbocycles. The lowest BCUT2D eigenvalue weighted by Crippen LogP contribution is -2.40. The Kier molecular flexibility index (Phi) is 7.17. The van der Waals surface area contributed by atoms with E-state index in [1.165, 1.54) is 4.31 Å². The maximum Gasteiger partial charge on any atom is 0.243 e. The van der Waals surface area contributed by atoms with Crippen LogP contribution in [-0.2, 0) is 14.8 Å². The zero-order chi connectivity index (χ0) is 20.7. The summed E-state index contributed by atoms with van der Waals surface area (Å²) in [5.41, 5.74) is 1.56. The van der Waals surface area contributed by atoms with Crippen molar-refractivity contribution >= 4 is 38.7 Å². The van der Waals surface area contributed by atoms with Gasteiger partial charge in [-0.3, -0.25) is 0 Å². The average molecular weight is 431 g/mol. The second kappa shape index (κ2) is 9.80. The predicted molar refractivity (Wildman–Crippen MR) is 116 cm³/mol. The molecule has 1 N–H and O–H groups in total. The van der Waals surface area contributed by atoms with Crippen LogP contribution in [0.15, 0.2) is 59.5 Å². The molecular weight excluding hydrogens is 408 g/mol. The number of hydrogen-bond donors (Lipinski definition) is 1. The van der Waals surface area contributed by atoms with Crippen molar-refractivity contribution in [2.45, 2.75) is 11.3 Å². The Balaban J connectivity index is 1.72. The fourth-order valence-corrected chi connectivity index (χ4v) is 4.68. The molecule has 1 fully saturated rings. The molecule has 2 aromatic rings. The number of rotatable bonds is 6. The van der Waals surface area contributed by atoms with Gasteiger partial charge in [0.1, 0.15) is 0 Å². The molecule has 0 spiro atoms. The molecule has 3 rings (SSSR count). The molecule has 0 atom stereocenters. The van der Waals surface area contributed by atoms with Crippen LogP contribution in [0.25, 0.3) is 0 Å². The normalized spacial score (nSPS) is 14.7.